The minimum absolute atomic E-state index is 0.0648. The maximum Gasteiger partial charge on any atom is 0.234 e. The van der Waals surface area contributed by atoms with Crippen LogP contribution in [-0.4, -0.2) is 41.3 Å². The Morgan fingerprint density at radius 1 is 1.04 bits per heavy atom. The summed E-state index contributed by atoms with van der Waals surface area (Å²) in [6.07, 6.45) is 3.20. The Labute approximate surface area is 171 Å². The molecule has 1 fully saturated rings. The third-order valence-electron chi connectivity index (χ3n) is 5.09. The molecular formula is C23H28N2O2S. The molecule has 0 spiro atoms. The van der Waals surface area contributed by atoms with Crippen molar-refractivity contribution in [3.63, 3.8) is 0 Å². The van der Waals surface area contributed by atoms with Crippen LogP contribution in [0.5, 0.6) is 0 Å². The largest absolute Gasteiger partial charge is 0.342 e. The fourth-order valence-corrected chi connectivity index (χ4v) is 4.29. The lowest BCUT2D eigenvalue weighted by molar-refractivity contribution is -0.129. The van der Waals surface area contributed by atoms with Gasteiger partial charge < -0.3 is 10.2 Å². The van der Waals surface area contributed by atoms with Crippen molar-refractivity contribution < 1.29 is 9.59 Å². The average Bonchev–Trinajstić information content (AvgIpc) is 2.69. The van der Waals surface area contributed by atoms with Gasteiger partial charge in [-0.3, -0.25) is 9.59 Å². The lowest BCUT2D eigenvalue weighted by Gasteiger charge is -2.32. The standard InChI is InChI=1S/C23H28N2O2S/c1-18-6-5-9-21(14-18)24-22(26)16-28-17-23(27)25-12-10-20(11-13-25)15-19-7-3-2-4-8-19/h2-9,14,20H,10-13,15-17H2,1H3,(H,24,26). The van der Waals surface area contributed by atoms with Gasteiger partial charge in [0, 0.05) is 18.8 Å². The molecule has 0 bridgehead atoms. The molecule has 1 heterocycles. The fourth-order valence-electron chi connectivity index (χ4n) is 3.58. The van der Waals surface area contributed by atoms with Gasteiger partial charge in [-0.2, -0.15) is 0 Å². The molecule has 3 rings (SSSR count). The molecule has 1 saturated heterocycles. The summed E-state index contributed by atoms with van der Waals surface area (Å²) in [5.41, 5.74) is 3.29. The second kappa shape index (κ2) is 10.3. The maximum absolute atomic E-state index is 12.4. The lowest BCUT2D eigenvalue weighted by atomic mass is 9.90. The molecule has 5 heteroatoms. The van der Waals surface area contributed by atoms with E-state index in [2.05, 4.69) is 29.6 Å². The summed E-state index contributed by atoms with van der Waals surface area (Å²) in [7, 11) is 0. The third kappa shape index (κ3) is 6.41. The van der Waals surface area contributed by atoms with E-state index in [0.29, 0.717) is 17.4 Å². The second-order valence-corrected chi connectivity index (χ2v) is 8.41. The molecule has 28 heavy (non-hydrogen) atoms. The van der Waals surface area contributed by atoms with Crippen LogP contribution in [0.1, 0.15) is 24.0 Å². The van der Waals surface area contributed by atoms with Gasteiger partial charge in [-0.15, -0.1) is 11.8 Å². The van der Waals surface area contributed by atoms with Crippen LogP contribution in [-0.2, 0) is 16.0 Å². The highest BCUT2D eigenvalue weighted by molar-refractivity contribution is 8.00. The van der Waals surface area contributed by atoms with Crippen molar-refractivity contribution in [1.29, 1.82) is 0 Å². The van der Waals surface area contributed by atoms with Crippen LogP contribution in [0, 0.1) is 12.8 Å². The van der Waals surface area contributed by atoms with Gasteiger partial charge in [0.2, 0.25) is 11.8 Å². The van der Waals surface area contributed by atoms with E-state index in [0.717, 1.165) is 43.6 Å². The van der Waals surface area contributed by atoms with Crippen molar-refractivity contribution in [2.24, 2.45) is 5.92 Å². The van der Waals surface area contributed by atoms with Crippen LogP contribution in [0.2, 0.25) is 0 Å². The van der Waals surface area contributed by atoms with Gasteiger partial charge in [-0.1, -0.05) is 42.5 Å². The van der Waals surface area contributed by atoms with Crippen molar-refractivity contribution >= 4 is 29.3 Å². The van der Waals surface area contributed by atoms with E-state index in [9.17, 15) is 9.59 Å². The van der Waals surface area contributed by atoms with Crippen LogP contribution in [0.15, 0.2) is 54.6 Å². The number of carbonyl (C=O) groups excluding carboxylic acids is 2. The fraction of sp³-hybridized carbons (Fsp3) is 0.391. The zero-order chi connectivity index (χ0) is 19.8. The van der Waals surface area contributed by atoms with Crippen molar-refractivity contribution in [3.8, 4) is 0 Å². The van der Waals surface area contributed by atoms with Crippen molar-refractivity contribution in [1.82, 2.24) is 4.90 Å². The number of nitrogens with one attached hydrogen (secondary N) is 1. The Bertz CT molecular complexity index is 786. The zero-order valence-electron chi connectivity index (χ0n) is 16.4. The molecule has 1 N–H and O–H groups in total. The molecule has 0 unspecified atom stereocenters. The number of amides is 2. The van der Waals surface area contributed by atoms with Gasteiger partial charge in [0.05, 0.1) is 11.5 Å². The molecule has 0 atom stereocenters. The first-order valence-electron chi connectivity index (χ1n) is 9.86. The molecule has 148 valence electrons. The first-order chi connectivity index (χ1) is 13.6. The molecule has 0 radical (unpaired) electrons. The van der Waals surface area contributed by atoms with Crippen LogP contribution in [0.25, 0.3) is 0 Å². The molecule has 4 nitrogen and oxygen atoms in total. The van der Waals surface area contributed by atoms with E-state index >= 15 is 0 Å². The number of hydrogen-bond donors (Lipinski definition) is 1. The van der Waals surface area contributed by atoms with Crippen LogP contribution in [0.3, 0.4) is 0 Å². The van der Waals surface area contributed by atoms with Crippen LogP contribution < -0.4 is 5.32 Å². The van der Waals surface area contributed by atoms with Gasteiger partial charge in [0.15, 0.2) is 0 Å². The summed E-state index contributed by atoms with van der Waals surface area (Å²) in [6.45, 7) is 3.64. The molecule has 0 saturated carbocycles. The smallest absolute Gasteiger partial charge is 0.234 e. The third-order valence-corrected chi connectivity index (χ3v) is 6.01. The number of rotatable bonds is 7. The number of benzene rings is 2. The van der Waals surface area contributed by atoms with Gasteiger partial charge in [-0.05, 0) is 55.4 Å². The summed E-state index contributed by atoms with van der Waals surface area (Å²) < 4.78 is 0. The normalized spacial score (nSPS) is 14.7. The average molecular weight is 397 g/mol. The highest BCUT2D eigenvalue weighted by atomic mass is 32.2. The molecule has 0 aliphatic carbocycles. The van der Waals surface area contributed by atoms with E-state index in [1.165, 1.54) is 17.3 Å². The van der Waals surface area contributed by atoms with Crippen LogP contribution >= 0.6 is 11.8 Å². The number of aryl methyl sites for hydroxylation is 1. The molecule has 2 aromatic rings. The highest BCUT2D eigenvalue weighted by Gasteiger charge is 2.22. The van der Waals surface area contributed by atoms with Gasteiger partial charge in [-0.25, -0.2) is 0 Å². The van der Waals surface area contributed by atoms with Crippen molar-refractivity contribution in [2.75, 3.05) is 29.9 Å². The molecular weight excluding hydrogens is 368 g/mol. The van der Waals surface area contributed by atoms with Gasteiger partial charge in [0.25, 0.3) is 0 Å². The Morgan fingerprint density at radius 2 is 1.79 bits per heavy atom. The van der Waals surface area contributed by atoms with Gasteiger partial charge in [0.1, 0.15) is 0 Å². The summed E-state index contributed by atoms with van der Waals surface area (Å²) in [4.78, 5) is 26.4. The monoisotopic (exact) mass is 396 g/mol. The minimum Gasteiger partial charge on any atom is -0.342 e. The highest BCUT2D eigenvalue weighted by Crippen LogP contribution is 2.22. The Balaban J connectivity index is 1.34. The first-order valence-corrected chi connectivity index (χ1v) is 11.0. The maximum atomic E-state index is 12.4. The topological polar surface area (TPSA) is 49.4 Å². The second-order valence-electron chi connectivity index (χ2n) is 7.42. The van der Waals surface area contributed by atoms with E-state index in [-0.39, 0.29) is 11.8 Å². The number of thioether (sulfide) groups is 1. The Hall–Kier alpha value is -2.27. The quantitative estimate of drug-likeness (QED) is 0.765. The van der Waals surface area contributed by atoms with E-state index in [1.54, 1.807) is 0 Å². The van der Waals surface area contributed by atoms with E-state index in [1.807, 2.05) is 42.2 Å². The first kappa shape index (κ1) is 20.5. The molecule has 1 aliphatic heterocycles. The van der Waals surface area contributed by atoms with E-state index in [4.69, 9.17) is 0 Å². The molecule has 2 amide bonds. The molecule has 1 aliphatic rings. The molecule has 0 aromatic heterocycles. The Kier molecular flexibility index (Phi) is 7.54. The lowest BCUT2D eigenvalue weighted by Crippen LogP contribution is -2.40. The number of anilines is 1. The number of piperidine rings is 1. The predicted octanol–water partition coefficient (Wildman–Crippen LogP) is 4.15. The predicted molar refractivity (Wildman–Crippen MR) is 117 cm³/mol. The summed E-state index contributed by atoms with van der Waals surface area (Å²) in [6, 6.07) is 18.3. The Morgan fingerprint density at radius 3 is 2.50 bits per heavy atom. The van der Waals surface area contributed by atoms with Crippen molar-refractivity contribution in [2.45, 2.75) is 26.2 Å². The number of nitrogens with zero attached hydrogens (tertiary/aromatic N) is 1. The summed E-state index contributed by atoms with van der Waals surface area (Å²) >= 11 is 1.39. The summed E-state index contributed by atoms with van der Waals surface area (Å²) in [5.74, 6) is 1.39. The van der Waals surface area contributed by atoms with Gasteiger partial charge >= 0.3 is 0 Å². The van der Waals surface area contributed by atoms with E-state index < -0.39 is 0 Å². The SMILES string of the molecule is Cc1cccc(NC(=O)CSCC(=O)N2CCC(Cc3ccccc3)CC2)c1. The number of hydrogen-bond acceptors (Lipinski definition) is 3. The van der Waals surface area contributed by atoms with Crippen LogP contribution in [0.4, 0.5) is 5.69 Å². The molecule has 2 aromatic carbocycles. The zero-order valence-corrected chi connectivity index (χ0v) is 17.2. The van der Waals surface area contributed by atoms with Crippen molar-refractivity contribution in [3.05, 3.63) is 65.7 Å². The number of likely N-dealkylation sites (tertiary alicyclic amines) is 1. The minimum atomic E-state index is -0.0648. The number of carbonyl (C=O) groups is 2. The summed E-state index contributed by atoms with van der Waals surface area (Å²) in [5, 5.41) is 2.88.